The highest BCUT2D eigenvalue weighted by Gasteiger charge is 2.24. The molecule has 0 fully saturated rings. The van der Waals surface area contributed by atoms with Crippen molar-refractivity contribution >= 4 is 17.7 Å². The number of benzene rings is 1. The summed E-state index contributed by atoms with van der Waals surface area (Å²) in [5, 5.41) is 11.8. The number of nitrogens with zero attached hydrogens (tertiary/aromatic N) is 2. The predicted octanol–water partition coefficient (Wildman–Crippen LogP) is 2.66. The topological polar surface area (TPSA) is 91.8 Å². The van der Waals surface area contributed by atoms with E-state index in [4.69, 9.17) is 9.84 Å². The molecular formula is C17H17N3O4. The third-order valence-electron chi connectivity index (χ3n) is 3.71. The summed E-state index contributed by atoms with van der Waals surface area (Å²) in [5.41, 5.74) is 1.90. The van der Waals surface area contributed by atoms with Crippen LogP contribution in [0.2, 0.25) is 0 Å². The van der Waals surface area contributed by atoms with Crippen LogP contribution in [0.3, 0.4) is 0 Å². The Morgan fingerprint density at radius 1 is 1.29 bits per heavy atom. The summed E-state index contributed by atoms with van der Waals surface area (Å²) in [6.07, 6.45) is 1.21. The van der Waals surface area contributed by atoms with E-state index in [0.717, 1.165) is 5.56 Å². The van der Waals surface area contributed by atoms with E-state index in [1.807, 2.05) is 13.0 Å². The zero-order valence-corrected chi connectivity index (χ0v) is 13.2. The maximum atomic E-state index is 11.8. The molecule has 0 bridgehead atoms. The number of ether oxygens (including phenoxy) is 1. The first-order chi connectivity index (χ1) is 11.6. The third kappa shape index (κ3) is 3.15. The molecule has 0 saturated carbocycles. The van der Waals surface area contributed by atoms with Crippen LogP contribution in [-0.4, -0.2) is 35.2 Å². The van der Waals surface area contributed by atoms with E-state index in [1.165, 1.54) is 11.1 Å². The molecule has 24 heavy (non-hydrogen) atoms. The Morgan fingerprint density at radius 2 is 2.08 bits per heavy atom. The molecule has 0 unspecified atom stereocenters. The van der Waals surface area contributed by atoms with Gasteiger partial charge in [0.1, 0.15) is 17.2 Å². The summed E-state index contributed by atoms with van der Waals surface area (Å²) >= 11 is 0. The predicted molar refractivity (Wildman–Crippen MR) is 87.8 cm³/mol. The van der Waals surface area contributed by atoms with Crippen LogP contribution in [0.15, 0.2) is 36.5 Å². The maximum Gasteiger partial charge on any atom is 0.411 e. The Balaban J connectivity index is 1.79. The standard InChI is InChI=1S/C17H17N3O4/c1-2-18-16(21)14-10-13(5-7-19-14)24-12-3-4-15-11(9-12)6-8-20(15)17(22)23/h3-5,7,9-10H,2,6,8H2,1H3,(H,18,21)(H,22,23). The van der Waals surface area contributed by atoms with Crippen molar-refractivity contribution in [1.82, 2.24) is 10.3 Å². The Morgan fingerprint density at radius 3 is 2.83 bits per heavy atom. The Labute approximate surface area is 138 Å². The molecule has 0 spiro atoms. The van der Waals surface area contributed by atoms with Crippen molar-refractivity contribution in [3.05, 3.63) is 47.8 Å². The maximum absolute atomic E-state index is 11.8. The molecule has 7 heteroatoms. The first-order valence-corrected chi connectivity index (χ1v) is 7.64. The molecule has 124 valence electrons. The van der Waals surface area contributed by atoms with Crippen LogP contribution >= 0.6 is 0 Å². The fourth-order valence-electron chi connectivity index (χ4n) is 2.63. The van der Waals surface area contributed by atoms with E-state index in [1.54, 1.807) is 24.3 Å². The van der Waals surface area contributed by atoms with Crippen LogP contribution in [0.25, 0.3) is 0 Å². The van der Waals surface area contributed by atoms with Gasteiger partial charge < -0.3 is 15.2 Å². The number of pyridine rings is 1. The van der Waals surface area contributed by atoms with Crippen molar-refractivity contribution in [3.63, 3.8) is 0 Å². The summed E-state index contributed by atoms with van der Waals surface area (Å²) in [7, 11) is 0. The van der Waals surface area contributed by atoms with Crippen LogP contribution in [0.4, 0.5) is 10.5 Å². The highest BCUT2D eigenvalue weighted by Crippen LogP contribution is 2.33. The van der Waals surface area contributed by atoms with Crippen molar-refractivity contribution in [3.8, 4) is 11.5 Å². The van der Waals surface area contributed by atoms with Crippen molar-refractivity contribution < 1.29 is 19.4 Å². The first kappa shape index (κ1) is 15.8. The molecule has 2 aromatic rings. The van der Waals surface area contributed by atoms with Crippen molar-refractivity contribution in [2.24, 2.45) is 0 Å². The van der Waals surface area contributed by atoms with E-state index in [-0.39, 0.29) is 11.6 Å². The fourth-order valence-corrected chi connectivity index (χ4v) is 2.63. The van der Waals surface area contributed by atoms with Gasteiger partial charge in [-0.15, -0.1) is 0 Å². The number of carbonyl (C=O) groups is 2. The lowest BCUT2D eigenvalue weighted by Gasteiger charge is -2.13. The number of anilines is 1. The SMILES string of the molecule is CCNC(=O)c1cc(Oc2ccc3c(c2)CCN3C(=O)O)ccn1. The molecule has 1 aliphatic heterocycles. The largest absolute Gasteiger partial charge is 0.465 e. The van der Waals surface area contributed by atoms with Gasteiger partial charge in [0.05, 0.1) is 5.69 Å². The van der Waals surface area contributed by atoms with E-state index in [0.29, 0.717) is 36.7 Å². The fraction of sp³-hybridized carbons (Fsp3) is 0.235. The minimum Gasteiger partial charge on any atom is -0.465 e. The van der Waals surface area contributed by atoms with Crippen LogP contribution in [0.5, 0.6) is 11.5 Å². The third-order valence-corrected chi connectivity index (χ3v) is 3.71. The number of nitrogens with one attached hydrogen (secondary N) is 1. The van der Waals surface area contributed by atoms with E-state index in [2.05, 4.69) is 10.3 Å². The molecule has 0 aliphatic carbocycles. The summed E-state index contributed by atoms with van der Waals surface area (Å²) < 4.78 is 5.78. The number of fused-ring (bicyclic) bond motifs is 1. The van der Waals surface area contributed by atoms with Crippen molar-refractivity contribution in [2.45, 2.75) is 13.3 Å². The molecule has 1 aromatic carbocycles. The molecule has 1 aromatic heterocycles. The summed E-state index contributed by atoms with van der Waals surface area (Å²) in [4.78, 5) is 28.3. The van der Waals surface area contributed by atoms with Gasteiger partial charge in [-0.05, 0) is 43.2 Å². The van der Waals surface area contributed by atoms with E-state index < -0.39 is 6.09 Å². The number of rotatable bonds is 4. The van der Waals surface area contributed by atoms with Crippen molar-refractivity contribution in [2.75, 3.05) is 18.0 Å². The normalized spacial score (nSPS) is 12.6. The molecular weight excluding hydrogens is 310 g/mol. The highest BCUT2D eigenvalue weighted by molar-refractivity contribution is 5.92. The second kappa shape index (κ2) is 6.57. The van der Waals surface area contributed by atoms with Crippen LogP contribution in [0, 0.1) is 0 Å². The zero-order chi connectivity index (χ0) is 17.1. The smallest absolute Gasteiger partial charge is 0.411 e. The second-order valence-electron chi connectivity index (χ2n) is 5.31. The minimum atomic E-state index is -0.955. The average molecular weight is 327 g/mol. The number of hydrogen-bond donors (Lipinski definition) is 2. The van der Waals surface area contributed by atoms with Crippen molar-refractivity contribution in [1.29, 1.82) is 0 Å². The monoisotopic (exact) mass is 327 g/mol. The van der Waals surface area contributed by atoms with E-state index >= 15 is 0 Å². The first-order valence-electron chi connectivity index (χ1n) is 7.64. The Bertz CT molecular complexity index is 791. The lowest BCUT2D eigenvalue weighted by molar-refractivity contribution is 0.0950. The molecule has 7 nitrogen and oxygen atoms in total. The highest BCUT2D eigenvalue weighted by atomic mass is 16.5. The van der Waals surface area contributed by atoms with Gasteiger partial charge in [0.2, 0.25) is 0 Å². The lowest BCUT2D eigenvalue weighted by atomic mass is 10.1. The molecule has 1 aliphatic rings. The van der Waals surface area contributed by atoms with Gasteiger partial charge in [-0.2, -0.15) is 0 Å². The summed E-state index contributed by atoms with van der Waals surface area (Å²) in [6.45, 7) is 2.81. The number of amides is 2. The Kier molecular flexibility index (Phi) is 4.33. The van der Waals surface area contributed by atoms with Gasteiger partial charge in [-0.25, -0.2) is 4.79 Å². The van der Waals surface area contributed by atoms with E-state index in [9.17, 15) is 9.59 Å². The van der Waals surface area contributed by atoms with Gasteiger partial charge in [-0.1, -0.05) is 0 Å². The molecule has 2 N–H and O–H groups in total. The second-order valence-corrected chi connectivity index (χ2v) is 5.31. The number of hydrogen-bond acceptors (Lipinski definition) is 4. The summed E-state index contributed by atoms with van der Waals surface area (Å²) in [5.74, 6) is 0.835. The molecule has 0 atom stereocenters. The Hall–Kier alpha value is -3.09. The summed E-state index contributed by atoms with van der Waals surface area (Å²) in [6, 6.07) is 8.51. The van der Waals surface area contributed by atoms with Crippen LogP contribution in [0.1, 0.15) is 23.0 Å². The van der Waals surface area contributed by atoms with Gasteiger partial charge in [0.25, 0.3) is 5.91 Å². The van der Waals surface area contributed by atoms with Crippen LogP contribution < -0.4 is 15.0 Å². The number of aromatic nitrogens is 1. The molecule has 2 heterocycles. The quantitative estimate of drug-likeness (QED) is 0.901. The lowest BCUT2D eigenvalue weighted by Crippen LogP contribution is -2.26. The van der Waals surface area contributed by atoms with Gasteiger partial charge >= 0.3 is 6.09 Å². The molecule has 0 saturated heterocycles. The average Bonchev–Trinajstić information content (AvgIpc) is 2.99. The van der Waals surface area contributed by atoms with Gasteiger partial charge in [0, 0.05) is 25.4 Å². The van der Waals surface area contributed by atoms with Gasteiger partial charge in [0.15, 0.2) is 0 Å². The van der Waals surface area contributed by atoms with Crippen LogP contribution in [-0.2, 0) is 6.42 Å². The number of carboxylic acid groups (broad SMARTS) is 1. The molecule has 2 amide bonds. The molecule has 0 radical (unpaired) electrons. The molecule has 3 rings (SSSR count). The van der Waals surface area contributed by atoms with Gasteiger partial charge in [-0.3, -0.25) is 14.7 Å². The number of carbonyl (C=O) groups excluding carboxylic acids is 1. The minimum absolute atomic E-state index is 0.256. The zero-order valence-electron chi connectivity index (χ0n) is 13.2.